The van der Waals surface area contributed by atoms with E-state index >= 15 is 0 Å². The molecule has 3 unspecified atom stereocenters. The lowest BCUT2D eigenvalue weighted by Gasteiger charge is -2.37. The van der Waals surface area contributed by atoms with Crippen LogP contribution in [0.4, 0.5) is 0 Å². The fraction of sp³-hybridized carbons (Fsp3) is 0.778. The van der Waals surface area contributed by atoms with Gasteiger partial charge in [0.25, 0.3) is 0 Å². The molecule has 5 heteroatoms. The standard InChI is InChI=1S/C36H60O5/c1-25(2)14-10-15-27(5)16-11-17-28(6)18-13-22-36(9)23-21-31-30(8)35(29(7)24-32(31)41-36)40-34(38)20-12-19-33(37)39-26(3)4/h24-28H,10-23H2,1-9H3. The molecular weight excluding hydrogens is 512 g/mol. The van der Waals surface area contributed by atoms with Crippen molar-refractivity contribution >= 4 is 11.9 Å². The van der Waals surface area contributed by atoms with Crippen molar-refractivity contribution in [3.8, 4) is 11.5 Å². The molecule has 5 nitrogen and oxygen atoms in total. The summed E-state index contributed by atoms with van der Waals surface area (Å²) in [5, 5.41) is 0. The van der Waals surface area contributed by atoms with Gasteiger partial charge < -0.3 is 14.2 Å². The second-order valence-electron chi connectivity index (χ2n) is 13.9. The summed E-state index contributed by atoms with van der Waals surface area (Å²) in [6.45, 7) is 19.4. The van der Waals surface area contributed by atoms with E-state index in [1.807, 2.05) is 33.8 Å². The van der Waals surface area contributed by atoms with Crippen LogP contribution in [0.3, 0.4) is 0 Å². The summed E-state index contributed by atoms with van der Waals surface area (Å²) in [4.78, 5) is 24.3. The van der Waals surface area contributed by atoms with Crippen LogP contribution < -0.4 is 9.47 Å². The fourth-order valence-electron chi connectivity index (χ4n) is 6.07. The van der Waals surface area contributed by atoms with Gasteiger partial charge in [-0.3, -0.25) is 9.59 Å². The van der Waals surface area contributed by atoms with Gasteiger partial charge in [-0.15, -0.1) is 0 Å². The van der Waals surface area contributed by atoms with Gasteiger partial charge in [-0.2, -0.15) is 0 Å². The van der Waals surface area contributed by atoms with E-state index in [9.17, 15) is 9.59 Å². The predicted octanol–water partition coefficient (Wildman–Crippen LogP) is 9.85. The Kier molecular flexibility index (Phi) is 14.7. The molecule has 0 aromatic heterocycles. The maximum atomic E-state index is 12.5. The number of fused-ring (bicyclic) bond motifs is 1. The first kappa shape index (κ1) is 35.2. The van der Waals surface area contributed by atoms with E-state index in [2.05, 4.69) is 34.6 Å². The van der Waals surface area contributed by atoms with E-state index in [1.165, 1.54) is 51.4 Å². The molecule has 3 atom stereocenters. The van der Waals surface area contributed by atoms with E-state index in [-0.39, 0.29) is 36.5 Å². The molecule has 1 heterocycles. The summed E-state index contributed by atoms with van der Waals surface area (Å²) in [6.07, 6.45) is 14.3. The molecule has 234 valence electrons. The number of benzene rings is 1. The Morgan fingerprint density at radius 1 is 0.854 bits per heavy atom. The molecule has 0 amide bonds. The highest BCUT2D eigenvalue weighted by atomic mass is 16.5. The molecule has 41 heavy (non-hydrogen) atoms. The lowest BCUT2D eigenvalue weighted by Crippen LogP contribution is -2.36. The Morgan fingerprint density at radius 3 is 2.05 bits per heavy atom. The molecule has 0 spiro atoms. The number of hydrogen-bond acceptors (Lipinski definition) is 5. The van der Waals surface area contributed by atoms with Crippen LogP contribution in [-0.2, 0) is 20.7 Å². The van der Waals surface area contributed by atoms with Gasteiger partial charge in [0.15, 0.2) is 0 Å². The summed E-state index contributed by atoms with van der Waals surface area (Å²) in [6, 6.07) is 2.04. The van der Waals surface area contributed by atoms with Gasteiger partial charge in [-0.25, -0.2) is 0 Å². The van der Waals surface area contributed by atoms with Crippen molar-refractivity contribution in [3.05, 3.63) is 22.8 Å². The normalized spacial score (nSPS) is 18.1. The maximum Gasteiger partial charge on any atom is 0.311 e. The zero-order valence-electron chi connectivity index (χ0n) is 27.8. The average molecular weight is 573 g/mol. The Hall–Kier alpha value is -2.04. The SMILES string of the molecule is Cc1cc2c(c(C)c1OC(=O)CCCC(=O)OC(C)C)CCC(C)(CCCC(C)CCCC(C)CCCC(C)C)O2. The van der Waals surface area contributed by atoms with Crippen molar-refractivity contribution in [2.24, 2.45) is 17.8 Å². The second-order valence-corrected chi connectivity index (χ2v) is 13.9. The topological polar surface area (TPSA) is 61.8 Å². The molecule has 0 radical (unpaired) electrons. The van der Waals surface area contributed by atoms with Crippen molar-refractivity contribution in [1.29, 1.82) is 0 Å². The van der Waals surface area contributed by atoms with Crippen LogP contribution in [0, 0.1) is 31.6 Å². The monoisotopic (exact) mass is 572 g/mol. The van der Waals surface area contributed by atoms with Crippen LogP contribution in [0.15, 0.2) is 6.07 Å². The van der Waals surface area contributed by atoms with Gasteiger partial charge >= 0.3 is 11.9 Å². The van der Waals surface area contributed by atoms with Crippen LogP contribution in [-0.4, -0.2) is 23.6 Å². The minimum atomic E-state index is -0.315. The van der Waals surface area contributed by atoms with Gasteiger partial charge in [-0.1, -0.05) is 72.6 Å². The van der Waals surface area contributed by atoms with Crippen molar-refractivity contribution < 1.29 is 23.8 Å². The maximum absolute atomic E-state index is 12.5. The van der Waals surface area contributed by atoms with Crippen molar-refractivity contribution in [3.63, 3.8) is 0 Å². The first-order chi connectivity index (χ1) is 19.3. The molecule has 0 aliphatic carbocycles. The fourth-order valence-corrected chi connectivity index (χ4v) is 6.07. The predicted molar refractivity (Wildman–Crippen MR) is 169 cm³/mol. The summed E-state index contributed by atoms with van der Waals surface area (Å²) >= 11 is 0. The third-order valence-electron chi connectivity index (χ3n) is 8.68. The Balaban J connectivity index is 1.79. The summed E-state index contributed by atoms with van der Waals surface area (Å²) in [5.41, 5.74) is 2.89. The largest absolute Gasteiger partial charge is 0.487 e. The zero-order valence-corrected chi connectivity index (χ0v) is 27.8. The highest BCUT2D eigenvalue weighted by molar-refractivity contribution is 5.75. The second kappa shape index (κ2) is 17.2. The number of esters is 2. The zero-order chi connectivity index (χ0) is 30.6. The molecule has 1 aromatic rings. The number of rotatable bonds is 18. The Morgan fingerprint density at radius 2 is 1.44 bits per heavy atom. The van der Waals surface area contributed by atoms with E-state index < -0.39 is 0 Å². The molecule has 0 fully saturated rings. The molecular formula is C36H60O5. The third kappa shape index (κ3) is 12.8. The molecule has 0 saturated carbocycles. The van der Waals surface area contributed by atoms with Crippen LogP contribution >= 0.6 is 0 Å². The lowest BCUT2D eigenvalue weighted by molar-refractivity contribution is -0.147. The Bertz CT molecular complexity index is 965. The lowest BCUT2D eigenvalue weighted by atomic mass is 9.85. The summed E-state index contributed by atoms with van der Waals surface area (Å²) in [5.74, 6) is 3.42. The van der Waals surface area contributed by atoms with Crippen molar-refractivity contribution in [2.75, 3.05) is 0 Å². The van der Waals surface area contributed by atoms with E-state index in [4.69, 9.17) is 14.2 Å². The first-order valence-corrected chi connectivity index (χ1v) is 16.5. The molecule has 1 aromatic carbocycles. The highest BCUT2D eigenvalue weighted by Crippen LogP contribution is 2.42. The average Bonchev–Trinajstić information content (AvgIpc) is 2.85. The molecule has 2 rings (SSSR count). The third-order valence-corrected chi connectivity index (χ3v) is 8.68. The van der Waals surface area contributed by atoms with Crippen LogP contribution in [0.25, 0.3) is 0 Å². The number of ether oxygens (including phenoxy) is 3. The van der Waals surface area contributed by atoms with Gasteiger partial charge in [0.1, 0.15) is 17.1 Å². The van der Waals surface area contributed by atoms with Crippen LogP contribution in [0.1, 0.15) is 149 Å². The minimum absolute atomic E-state index is 0.143. The van der Waals surface area contributed by atoms with E-state index in [0.717, 1.165) is 59.5 Å². The van der Waals surface area contributed by atoms with E-state index in [0.29, 0.717) is 12.2 Å². The minimum Gasteiger partial charge on any atom is -0.487 e. The molecule has 0 saturated heterocycles. The smallest absolute Gasteiger partial charge is 0.311 e. The summed E-state index contributed by atoms with van der Waals surface area (Å²) in [7, 11) is 0. The number of hydrogen-bond donors (Lipinski definition) is 0. The first-order valence-electron chi connectivity index (χ1n) is 16.5. The van der Waals surface area contributed by atoms with Gasteiger partial charge in [-0.05, 0) is 102 Å². The van der Waals surface area contributed by atoms with Crippen LogP contribution in [0.5, 0.6) is 11.5 Å². The molecule has 1 aliphatic rings. The van der Waals surface area contributed by atoms with Crippen molar-refractivity contribution in [2.45, 2.75) is 164 Å². The Labute approximate surface area is 251 Å². The van der Waals surface area contributed by atoms with Gasteiger partial charge in [0.05, 0.1) is 6.10 Å². The van der Waals surface area contributed by atoms with Crippen molar-refractivity contribution in [1.82, 2.24) is 0 Å². The molecule has 0 N–H and O–H groups in total. The molecule has 1 aliphatic heterocycles. The number of aryl methyl sites for hydroxylation is 1. The van der Waals surface area contributed by atoms with Crippen LogP contribution in [0.2, 0.25) is 0 Å². The quantitative estimate of drug-likeness (QED) is 0.129. The van der Waals surface area contributed by atoms with Gasteiger partial charge in [0, 0.05) is 18.4 Å². The highest BCUT2D eigenvalue weighted by Gasteiger charge is 2.33. The van der Waals surface area contributed by atoms with Gasteiger partial charge in [0.2, 0.25) is 0 Å². The summed E-state index contributed by atoms with van der Waals surface area (Å²) < 4.78 is 17.5. The molecule has 0 bridgehead atoms. The number of carbonyl (C=O) groups is 2. The number of carbonyl (C=O) groups excluding carboxylic acids is 2. The van der Waals surface area contributed by atoms with E-state index in [1.54, 1.807) is 0 Å².